The Kier molecular flexibility index (Phi) is 12.3. The topological polar surface area (TPSA) is 141 Å². The van der Waals surface area contributed by atoms with E-state index in [2.05, 4.69) is 4.74 Å². The van der Waals surface area contributed by atoms with Crippen LogP contribution < -0.4 is 4.74 Å². The van der Waals surface area contributed by atoms with Gasteiger partial charge in [-0.05, 0) is 6.07 Å². The van der Waals surface area contributed by atoms with Gasteiger partial charge < -0.3 is 20.1 Å². The Morgan fingerprint density at radius 2 is 1.56 bits per heavy atom. The fourth-order valence-electron chi connectivity index (χ4n) is 1.06. The second-order valence-electron chi connectivity index (χ2n) is 3.94. The highest BCUT2D eigenvalue weighted by Gasteiger charge is 2.22. The van der Waals surface area contributed by atoms with Crippen LogP contribution in [0.5, 0.6) is 5.75 Å². The number of ether oxygens (including phenoxy) is 1. The average Bonchev–Trinajstić information content (AvgIpc) is 2.48. The molecule has 1 aromatic rings. The van der Waals surface area contributed by atoms with Gasteiger partial charge in [0.05, 0.1) is 26.6 Å². The maximum atomic E-state index is 13.1. The van der Waals surface area contributed by atoms with E-state index in [4.69, 9.17) is 19.9 Å². The molecule has 0 aliphatic carbocycles. The summed E-state index contributed by atoms with van der Waals surface area (Å²) in [5.74, 6) is -7.18. The highest BCUT2D eigenvalue weighted by molar-refractivity contribution is 7.85. The predicted octanol–water partition coefficient (Wildman–Crippen LogP) is 0.842. The Morgan fingerprint density at radius 3 is 1.84 bits per heavy atom. The molecule has 0 fully saturated rings. The Hall–Kier alpha value is -2.15. The van der Waals surface area contributed by atoms with Gasteiger partial charge in [-0.15, -0.1) is 0 Å². The number of aliphatic hydroxyl groups is 2. The fourth-order valence-corrected chi connectivity index (χ4v) is 1.06. The minimum Gasteiger partial charge on any atom is -0.491 e. The minimum atomic E-state index is -3.67. The molecular weight excluding hydrogens is 373 g/mol. The van der Waals surface area contributed by atoms with E-state index in [1.807, 2.05) is 0 Å². The van der Waals surface area contributed by atoms with Crippen molar-refractivity contribution in [3.63, 3.8) is 0 Å². The van der Waals surface area contributed by atoms with Crippen molar-refractivity contribution in [2.24, 2.45) is 0 Å². The molecule has 0 heterocycles. The lowest BCUT2D eigenvalue weighted by molar-refractivity contribution is 0.0690. The van der Waals surface area contributed by atoms with Gasteiger partial charge in [-0.1, -0.05) is 12.2 Å². The number of benzene rings is 1. The second kappa shape index (κ2) is 12.2. The Bertz CT molecular complexity index is 675. The smallest absolute Gasteiger partial charge is 0.338 e. The molecule has 0 aliphatic heterocycles. The van der Waals surface area contributed by atoms with Gasteiger partial charge in [0.2, 0.25) is 5.82 Å². The van der Waals surface area contributed by atoms with Gasteiger partial charge in [0.1, 0.15) is 5.56 Å². The van der Waals surface area contributed by atoms with Crippen LogP contribution in [0.2, 0.25) is 0 Å². The number of methoxy groups -OCH3 is 1. The van der Waals surface area contributed by atoms with E-state index in [9.17, 15) is 26.4 Å². The number of rotatable bonds is 4. The number of halogens is 3. The molecule has 1 rings (SSSR count). The molecule has 12 heteroatoms. The molecule has 0 bridgehead atoms. The quantitative estimate of drug-likeness (QED) is 0.337. The van der Waals surface area contributed by atoms with Gasteiger partial charge in [0.15, 0.2) is 17.4 Å². The molecule has 144 valence electrons. The summed E-state index contributed by atoms with van der Waals surface area (Å²) in [5, 5.41) is 24.4. The van der Waals surface area contributed by atoms with Gasteiger partial charge in [-0.3, -0.25) is 4.55 Å². The van der Waals surface area contributed by atoms with Crippen LogP contribution in [-0.4, -0.2) is 60.8 Å². The van der Waals surface area contributed by atoms with Gasteiger partial charge >= 0.3 is 5.97 Å². The molecule has 25 heavy (non-hydrogen) atoms. The van der Waals surface area contributed by atoms with Crippen LogP contribution in [0.1, 0.15) is 10.4 Å². The maximum Gasteiger partial charge on any atom is 0.338 e. The number of hydrogen-bond donors (Lipinski definition) is 4. The molecule has 4 N–H and O–H groups in total. The van der Waals surface area contributed by atoms with E-state index in [1.54, 1.807) is 0 Å². The predicted molar refractivity (Wildman–Crippen MR) is 80.6 cm³/mol. The minimum absolute atomic E-state index is 0.0144. The zero-order valence-corrected chi connectivity index (χ0v) is 13.9. The SMILES string of the molecule is COc1c(F)c(F)cc(C(=O)O)c1F.CS(=O)(=O)O.OCC=CCO. The third kappa shape index (κ3) is 11.9. The second-order valence-corrected chi connectivity index (χ2v) is 5.41. The van der Waals surface area contributed by atoms with E-state index >= 15 is 0 Å². The first-order valence-electron chi connectivity index (χ1n) is 6.14. The third-order valence-electron chi connectivity index (χ3n) is 1.93. The molecule has 0 aliphatic rings. The summed E-state index contributed by atoms with van der Waals surface area (Å²) in [4.78, 5) is 10.4. The van der Waals surface area contributed by atoms with Crippen molar-refractivity contribution in [1.82, 2.24) is 0 Å². The van der Waals surface area contributed by atoms with Crippen LogP contribution in [0.15, 0.2) is 18.2 Å². The van der Waals surface area contributed by atoms with Crippen molar-refractivity contribution in [3.8, 4) is 5.75 Å². The summed E-state index contributed by atoms with van der Waals surface area (Å²) in [6, 6.07) is 0.259. The van der Waals surface area contributed by atoms with Crippen LogP contribution in [0, 0.1) is 17.5 Å². The number of aliphatic hydroxyl groups excluding tert-OH is 2. The maximum absolute atomic E-state index is 13.1. The molecule has 0 spiro atoms. The van der Waals surface area contributed by atoms with E-state index in [1.165, 1.54) is 12.2 Å². The summed E-state index contributed by atoms with van der Waals surface area (Å²) in [5.41, 5.74) is -0.972. The molecule has 0 atom stereocenters. The first kappa shape index (κ1) is 25.1. The third-order valence-corrected chi connectivity index (χ3v) is 1.93. The molecule has 0 amide bonds. The van der Waals surface area contributed by atoms with Crippen molar-refractivity contribution < 1.29 is 51.0 Å². The van der Waals surface area contributed by atoms with Gasteiger partial charge in [-0.25, -0.2) is 13.6 Å². The van der Waals surface area contributed by atoms with E-state index in [0.29, 0.717) is 6.26 Å². The molecule has 0 radical (unpaired) electrons. The lowest BCUT2D eigenvalue weighted by atomic mass is 10.2. The van der Waals surface area contributed by atoms with E-state index in [-0.39, 0.29) is 19.3 Å². The van der Waals surface area contributed by atoms with Crippen LogP contribution in [-0.2, 0) is 10.1 Å². The number of carboxylic acid groups (broad SMARTS) is 1. The van der Waals surface area contributed by atoms with Crippen LogP contribution in [0.25, 0.3) is 0 Å². The molecule has 8 nitrogen and oxygen atoms in total. The summed E-state index contributed by atoms with van der Waals surface area (Å²) in [6.45, 7) is 0.0289. The highest BCUT2D eigenvalue weighted by atomic mass is 32.2. The lowest BCUT2D eigenvalue weighted by Crippen LogP contribution is -2.06. The zero-order valence-electron chi connectivity index (χ0n) is 13.1. The van der Waals surface area contributed by atoms with Crippen LogP contribution in [0.3, 0.4) is 0 Å². The molecule has 1 aromatic carbocycles. The number of carbonyl (C=O) groups is 1. The molecule has 0 saturated carbocycles. The zero-order chi connectivity index (χ0) is 20.2. The largest absolute Gasteiger partial charge is 0.491 e. The Morgan fingerprint density at radius 1 is 1.16 bits per heavy atom. The number of aromatic carboxylic acids is 1. The number of carboxylic acids is 1. The van der Waals surface area contributed by atoms with Crippen molar-refractivity contribution >= 4 is 16.1 Å². The highest BCUT2D eigenvalue weighted by Crippen LogP contribution is 2.26. The average molecular weight is 390 g/mol. The van der Waals surface area contributed by atoms with Crippen molar-refractivity contribution in [2.75, 3.05) is 26.6 Å². The first-order valence-corrected chi connectivity index (χ1v) is 7.99. The molecule has 0 unspecified atom stereocenters. The monoisotopic (exact) mass is 390 g/mol. The lowest BCUT2D eigenvalue weighted by Gasteiger charge is -2.06. The van der Waals surface area contributed by atoms with Crippen molar-refractivity contribution in [2.45, 2.75) is 0 Å². The van der Waals surface area contributed by atoms with Gasteiger partial charge in [0, 0.05) is 0 Å². The molecule has 0 aromatic heterocycles. The fraction of sp³-hybridized carbons (Fsp3) is 0.308. The molecule has 0 saturated heterocycles. The van der Waals surface area contributed by atoms with Gasteiger partial charge in [0.25, 0.3) is 10.1 Å². The summed E-state index contributed by atoms with van der Waals surface area (Å²) in [6.07, 6.45) is 3.69. The van der Waals surface area contributed by atoms with Crippen LogP contribution in [0.4, 0.5) is 13.2 Å². The molecular formula is C13H17F3O8S. The first-order chi connectivity index (χ1) is 11.4. The number of hydrogen-bond acceptors (Lipinski definition) is 6. The Balaban J connectivity index is 0. The van der Waals surface area contributed by atoms with Crippen LogP contribution >= 0.6 is 0 Å². The Labute approximate surface area is 141 Å². The summed E-state index contributed by atoms with van der Waals surface area (Å²) in [7, 11) is -2.76. The van der Waals surface area contributed by atoms with Gasteiger partial charge in [-0.2, -0.15) is 12.8 Å². The standard InChI is InChI=1S/C8H5F3O3.C4H8O2.CH4O3S/c1-14-7-5(10)3(8(12)13)2-4(9)6(7)11;5-3-1-2-4-6;1-5(2,3)4/h2H,1H3,(H,12,13);1-2,5-6H,3-4H2;1H3,(H,2,3,4). The normalized spacial score (nSPS) is 10.4. The van der Waals surface area contributed by atoms with Crippen molar-refractivity contribution in [1.29, 1.82) is 0 Å². The van der Waals surface area contributed by atoms with E-state index in [0.717, 1.165) is 7.11 Å². The summed E-state index contributed by atoms with van der Waals surface area (Å²) < 4.78 is 68.6. The van der Waals surface area contributed by atoms with Crippen molar-refractivity contribution in [3.05, 3.63) is 41.2 Å². The summed E-state index contributed by atoms with van der Waals surface area (Å²) >= 11 is 0. The van der Waals surface area contributed by atoms with E-state index < -0.39 is 44.9 Å².